The number of ether oxygens (including phenoxy) is 2. The summed E-state index contributed by atoms with van der Waals surface area (Å²) < 4.78 is 12.4. The van der Waals surface area contributed by atoms with E-state index in [4.69, 9.17) is 9.47 Å². The van der Waals surface area contributed by atoms with Gasteiger partial charge in [0.05, 0.1) is 12.1 Å². The number of carbonyl (C=O) groups excluding carboxylic acids is 1. The van der Waals surface area contributed by atoms with Crippen molar-refractivity contribution in [2.75, 3.05) is 0 Å². The molecule has 7 nitrogen and oxygen atoms in total. The van der Waals surface area contributed by atoms with Crippen molar-refractivity contribution >= 4 is 6.03 Å². The van der Waals surface area contributed by atoms with Gasteiger partial charge >= 0.3 is 6.03 Å². The summed E-state index contributed by atoms with van der Waals surface area (Å²) in [4.78, 5) is 12.6. The lowest BCUT2D eigenvalue weighted by Crippen LogP contribution is -2.47. The zero-order valence-corrected chi connectivity index (χ0v) is 16.5. The number of rotatable bonds is 4. The fraction of sp³-hybridized carbons (Fsp3) is 0.409. The highest BCUT2D eigenvalue weighted by Gasteiger charge is 2.50. The molecule has 154 valence electrons. The first-order valence-electron chi connectivity index (χ1n) is 9.77. The van der Waals surface area contributed by atoms with Gasteiger partial charge in [-0.1, -0.05) is 24.3 Å². The van der Waals surface area contributed by atoms with Gasteiger partial charge in [-0.05, 0) is 62.1 Å². The van der Waals surface area contributed by atoms with Crippen molar-refractivity contribution in [1.82, 2.24) is 10.6 Å². The van der Waals surface area contributed by atoms with Gasteiger partial charge in [-0.2, -0.15) is 0 Å². The van der Waals surface area contributed by atoms with Crippen LogP contribution in [0, 0.1) is 0 Å². The first kappa shape index (κ1) is 19.5. The van der Waals surface area contributed by atoms with E-state index in [0.29, 0.717) is 12.8 Å². The largest absolute Gasteiger partial charge is 0.508 e. The Kier molecular flexibility index (Phi) is 5.10. The average Bonchev–Trinajstić information content (AvgIpc) is 2.91. The topological polar surface area (TPSA) is 100 Å². The molecule has 0 unspecified atom stereocenters. The van der Waals surface area contributed by atoms with E-state index in [2.05, 4.69) is 10.6 Å². The minimum Gasteiger partial charge on any atom is -0.508 e. The molecule has 2 saturated heterocycles. The molecule has 7 heteroatoms. The second kappa shape index (κ2) is 7.57. The molecule has 4 N–H and O–H groups in total. The molecule has 0 aliphatic carbocycles. The maximum atomic E-state index is 12.6. The van der Waals surface area contributed by atoms with Crippen LogP contribution in [0.4, 0.5) is 4.79 Å². The normalized spacial score (nSPS) is 28.1. The molecular weight excluding hydrogens is 372 g/mol. The smallest absolute Gasteiger partial charge is 0.315 e. The quantitative estimate of drug-likeness (QED) is 0.634. The number of urea groups is 1. The molecular formula is C22H26N2O5. The molecule has 2 heterocycles. The number of fused-ring (bicyclic) bond motifs is 1. The van der Waals surface area contributed by atoms with E-state index in [1.807, 2.05) is 26.0 Å². The number of hydrogen-bond acceptors (Lipinski definition) is 5. The number of phenols is 2. The molecule has 0 aromatic heterocycles. The van der Waals surface area contributed by atoms with E-state index >= 15 is 0 Å². The second-order valence-corrected chi connectivity index (χ2v) is 8.14. The van der Waals surface area contributed by atoms with Gasteiger partial charge in [-0.3, -0.25) is 0 Å². The van der Waals surface area contributed by atoms with Gasteiger partial charge in [0, 0.05) is 0 Å². The van der Waals surface area contributed by atoms with Gasteiger partial charge in [0.1, 0.15) is 23.7 Å². The van der Waals surface area contributed by atoms with Crippen LogP contribution in [-0.4, -0.2) is 46.3 Å². The lowest BCUT2D eigenvalue weighted by Gasteiger charge is -2.26. The maximum absolute atomic E-state index is 12.6. The van der Waals surface area contributed by atoms with E-state index in [9.17, 15) is 15.0 Å². The zero-order valence-electron chi connectivity index (χ0n) is 16.5. The average molecular weight is 398 g/mol. The minimum atomic E-state index is -0.784. The third kappa shape index (κ3) is 4.46. The first-order chi connectivity index (χ1) is 13.8. The highest BCUT2D eigenvalue weighted by molar-refractivity contribution is 5.75. The van der Waals surface area contributed by atoms with Crippen LogP contribution in [0.15, 0.2) is 48.5 Å². The Labute approximate surface area is 169 Å². The van der Waals surface area contributed by atoms with E-state index in [1.54, 1.807) is 36.4 Å². The number of benzene rings is 2. The highest BCUT2D eigenvalue weighted by atomic mass is 16.8. The molecule has 2 amide bonds. The van der Waals surface area contributed by atoms with Crippen LogP contribution in [0.5, 0.6) is 11.5 Å². The van der Waals surface area contributed by atoms with Crippen LogP contribution in [0.3, 0.4) is 0 Å². The summed E-state index contributed by atoms with van der Waals surface area (Å²) in [6.07, 6.45) is 0.268. The fourth-order valence-electron chi connectivity index (χ4n) is 4.19. The van der Waals surface area contributed by atoms with Crippen LogP contribution < -0.4 is 10.6 Å². The van der Waals surface area contributed by atoms with Gasteiger partial charge in [0.25, 0.3) is 0 Å². The molecule has 4 rings (SSSR count). The number of hydrogen-bond donors (Lipinski definition) is 4. The Balaban J connectivity index is 1.61. The summed E-state index contributed by atoms with van der Waals surface area (Å²) in [5.41, 5.74) is 1.79. The Hall–Kier alpha value is -2.77. The molecule has 0 spiro atoms. The van der Waals surface area contributed by atoms with Crippen molar-refractivity contribution < 1.29 is 24.5 Å². The van der Waals surface area contributed by atoms with Crippen LogP contribution in [-0.2, 0) is 22.3 Å². The molecule has 29 heavy (non-hydrogen) atoms. The van der Waals surface area contributed by atoms with Crippen LogP contribution in [0.25, 0.3) is 0 Å². The van der Waals surface area contributed by atoms with Gasteiger partial charge in [-0.15, -0.1) is 0 Å². The van der Waals surface area contributed by atoms with Crippen molar-refractivity contribution in [3.8, 4) is 11.5 Å². The summed E-state index contributed by atoms with van der Waals surface area (Å²) >= 11 is 0. The lowest BCUT2D eigenvalue weighted by molar-refractivity contribution is -0.150. The summed E-state index contributed by atoms with van der Waals surface area (Å²) in [6, 6.07) is 13.0. The molecule has 0 radical (unpaired) electrons. The molecule has 2 fully saturated rings. The fourth-order valence-corrected chi connectivity index (χ4v) is 4.19. The summed E-state index contributed by atoms with van der Waals surface area (Å²) in [5.74, 6) is -0.418. The molecule has 0 saturated carbocycles. The molecule has 2 aromatic carbocycles. The zero-order chi connectivity index (χ0) is 20.6. The predicted octanol–water partition coefficient (Wildman–Crippen LogP) is 2.45. The van der Waals surface area contributed by atoms with E-state index in [-0.39, 0.29) is 41.8 Å². The third-order valence-corrected chi connectivity index (χ3v) is 5.32. The monoisotopic (exact) mass is 398 g/mol. The van der Waals surface area contributed by atoms with E-state index < -0.39 is 5.79 Å². The standard InChI is InChI=1S/C22H26N2O5/c1-22(2)28-19-17(11-13-5-3-7-15(25)9-13)23-21(27)24-18(20(19)29-22)12-14-6-4-8-16(26)10-14/h3-10,17-20,25-26H,11-12H2,1-2H3,(H2,23,24,27)/t17-,18-,19+,20+/m1/s1. The first-order valence-corrected chi connectivity index (χ1v) is 9.77. The number of nitrogens with one attached hydrogen (secondary N) is 2. The van der Waals surface area contributed by atoms with Crippen molar-refractivity contribution in [2.45, 2.75) is 56.8 Å². The minimum absolute atomic E-state index is 0.183. The maximum Gasteiger partial charge on any atom is 0.315 e. The third-order valence-electron chi connectivity index (χ3n) is 5.32. The van der Waals surface area contributed by atoms with Crippen molar-refractivity contribution in [3.63, 3.8) is 0 Å². The summed E-state index contributed by atoms with van der Waals surface area (Å²) in [5, 5.41) is 25.5. The Bertz CT molecular complexity index is 831. The second-order valence-electron chi connectivity index (χ2n) is 8.14. The van der Waals surface area contributed by atoms with Crippen LogP contribution in [0.2, 0.25) is 0 Å². The molecule has 2 aliphatic heterocycles. The van der Waals surface area contributed by atoms with Gasteiger partial charge in [-0.25, -0.2) is 4.79 Å². The Morgan fingerprint density at radius 1 is 0.862 bits per heavy atom. The summed E-state index contributed by atoms with van der Waals surface area (Å²) in [7, 11) is 0. The number of amides is 2. The molecule has 0 bridgehead atoms. The Morgan fingerprint density at radius 2 is 1.31 bits per heavy atom. The SMILES string of the molecule is CC1(C)O[C@@H]2[C@@H](O1)[C@@H](Cc1cccc(O)c1)NC(=O)N[C@@H]2Cc1cccc(O)c1. The highest BCUT2D eigenvalue weighted by Crippen LogP contribution is 2.35. The predicted molar refractivity (Wildman–Crippen MR) is 107 cm³/mol. The van der Waals surface area contributed by atoms with Crippen molar-refractivity contribution in [2.24, 2.45) is 0 Å². The van der Waals surface area contributed by atoms with Crippen molar-refractivity contribution in [3.05, 3.63) is 59.7 Å². The van der Waals surface area contributed by atoms with Gasteiger partial charge in [0.2, 0.25) is 0 Å². The van der Waals surface area contributed by atoms with Gasteiger partial charge < -0.3 is 30.3 Å². The van der Waals surface area contributed by atoms with Crippen LogP contribution in [0.1, 0.15) is 25.0 Å². The van der Waals surface area contributed by atoms with Crippen molar-refractivity contribution in [1.29, 1.82) is 0 Å². The number of phenolic OH excluding ortho intramolecular Hbond substituents is 2. The molecule has 2 aromatic rings. The van der Waals surface area contributed by atoms with E-state index in [0.717, 1.165) is 11.1 Å². The molecule has 2 aliphatic rings. The number of carbonyl (C=O) groups is 1. The molecule has 4 atom stereocenters. The lowest BCUT2D eigenvalue weighted by atomic mass is 9.92. The van der Waals surface area contributed by atoms with E-state index in [1.165, 1.54) is 0 Å². The number of aromatic hydroxyl groups is 2. The van der Waals surface area contributed by atoms with Gasteiger partial charge in [0.15, 0.2) is 5.79 Å². The van der Waals surface area contributed by atoms with Crippen LogP contribution >= 0.6 is 0 Å². The summed E-state index contributed by atoms with van der Waals surface area (Å²) in [6.45, 7) is 3.72. The Morgan fingerprint density at radius 3 is 1.72 bits per heavy atom.